The Labute approximate surface area is 121 Å². The summed E-state index contributed by atoms with van der Waals surface area (Å²) in [5.41, 5.74) is 3.78. The lowest BCUT2D eigenvalue weighted by Gasteiger charge is -2.09. The number of hydrogen-bond acceptors (Lipinski definition) is 2. The fraction of sp³-hybridized carbons (Fsp3) is 0.214. The van der Waals surface area contributed by atoms with E-state index in [2.05, 4.69) is 9.56 Å². The maximum absolute atomic E-state index is 6.33. The summed E-state index contributed by atoms with van der Waals surface area (Å²) in [6.45, 7) is 2.70. The summed E-state index contributed by atoms with van der Waals surface area (Å²) in [7, 11) is 1.63. The molecule has 0 N–H and O–H groups in total. The van der Waals surface area contributed by atoms with Gasteiger partial charge >= 0.3 is 0 Å². The van der Waals surface area contributed by atoms with Crippen molar-refractivity contribution in [2.24, 2.45) is 4.99 Å². The Balaban J connectivity index is 2.25. The van der Waals surface area contributed by atoms with Gasteiger partial charge in [0.2, 0.25) is 0 Å². The van der Waals surface area contributed by atoms with Crippen LogP contribution in [0.1, 0.15) is 17.0 Å². The molecule has 1 aliphatic heterocycles. The van der Waals surface area contributed by atoms with Gasteiger partial charge in [0.15, 0.2) is 5.17 Å². The van der Waals surface area contributed by atoms with Crippen molar-refractivity contribution in [2.45, 2.75) is 13.5 Å². The monoisotopic (exact) mass is 294 g/mol. The summed E-state index contributed by atoms with van der Waals surface area (Å²) >= 11 is 12.4. The molecule has 0 atom stereocenters. The summed E-state index contributed by atoms with van der Waals surface area (Å²) in [5, 5.41) is 1.14. The lowest BCUT2D eigenvalue weighted by Crippen LogP contribution is -2.07. The van der Waals surface area contributed by atoms with Crippen LogP contribution in [0.2, 0.25) is 5.02 Å². The van der Waals surface area contributed by atoms with E-state index >= 15 is 0 Å². The molecule has 2 aromatic rings. The van der Waals surface area contributed by atoms with Gasteiger partial charge in [-0.3, -0.25) is 0 Å². The number of aromatic nitrogens is 1. The molecule has 1 aromatic heterocycles. The number of fused-ring (bicyclic) bond motifs is 2. The van der Waals surface area contributed by atoms with Crippen LogP contribution in [-0.2, 0) is 6.54 Å². The van der Waals surface area contributed by atoms with Crippen molar-refractivity contribution in [3.8, 4) is 5.75 Å². The van der Waals surface area contributed by atoms with Gasteiger partial charge in [-0.05, 0) is 30.7 Å². The molecule has 5 heteroatoms. The van der Waals surface area contributed by atoms with E-state index in [4.69, 9.17) is 27.9 Å². The average Bonchev–Trinajstić information content (AvgIpc) is 2.61. The molecule has 3 rings (SSSR count). The van der Waals surface area contributed by atoms with Gasteiger partial charge in [0.05, 0.1) is 19.3 Å². The lowest BCUT2D eigenvalue weighted by atomic mass is 10.2. The van der Waals surface area contributed by atoms with Crippen LogP contribution >= 0.6 is 23.2 Å². The maximum atomic E-state index is 6.33. The Hall–Kier alpha value is -1.45. The fourth-order valence-corrected chi connectivity index (χ4v) is 2.82. The zero-order valence-electron chi connectivity index (χ0n) is 10.6. The lowest BCUT2D eigenvalue weighted by molar-refractivity contribution is 0.413. The van der Waals surface area contributed by atoms with Gasteiger partial charge in [0.25, 0.3) is 0 Å². The van der Waals surface area contributed by atoms with Crippen LogP contribution in [0.5, 0.6) is 5.75 Å². The van der Waals surface area contributed by atoms with Crippen molar-refractivity contribution < 1.29 is 4.74 Å². The molecule has 98 valence electrons. The van der Waals surface area contributed by atoms with Crippen molar-refractivity contribution in [3.63, 3.8) is 0 Å². The summed E-state index contributed by atoms with van der Waals surface area (Å²) in [6.07, 6.45) is 0. The molecule has 0 radical (unpaired) electrons. The predicted molar refractivity (Wildman–Crippen MR) is 78.3 cm³/mol. The van der Waals surface area contributed by atoms with Crippen LogP contribution in [0.3, 0.4) is 0 Å². The van der Waals surface area contributed by atoms with Gasteiger partial charge in [0.1, 0.15) is 11.4 Å². The second-order valence-electron chi connectivity index (χ2n) is 4.46. The zero-order valence-corrected chi connectivity index (χ0v) is 12.1. The molecule has 0 spiro atoms. The molecular weight excluding hydrogens is 283 g/mol. The fourth-order valence-electron chi connectivity index (χ4n) is 2.34. The van der Waals surface area contributed by atoms with E-state index in [1.54, 1.807) is 7.11 Å². The Morgan fingerprint density at radius 2 is 2.05 bits per heavy atom. The van der Waals surface area contributed by atoms with Gasteiger partial charge in [-0.1, -0.05) is 23.2 Å². The van der Waals surface area contributed by atoms with Gasteiger partial charge in [-0.15, -0.1) is 0 Å². The minimum Gasteiger partial charge on any atom is -0.494 e. The number of benzene rings is 1. The summed E-state index contributed by atoms with van der Waals surface area (Å²) in [4.78, 5) is 4.47. The van der Waals surface area contributed by atoms with Gasteiger partial charge in [0, 0.05) is 16.8 Å². The van der Waals surface area contributed by atoms with Crippen LogP contribution in [0.25, 0.3) is 0 Å². The highest BCUT2D eigenvalue weighted by Crippen LogP contribution is 2.34. The third kappa shape index (κ3) is 2.03. The number of ether oxygens (including phenoxy) is 1. The Morgan fingerprint density at radius 3 is 2.79 bits per heavy atom. The molecular formula is C14H12Cl2N2O. The molecule has 1 aliphatic rings. The van der Waals surface area contributed by atoms with Crippen molar-refractivity contribution in [2.75, 3.05) is 7.11 Å². The van der Waals surface area contributed by atoms with Crippen LogP contribution < -0.4 is 4.74 Å². The SMILES string of the molecule is COc1cc(C)n2c1C(Cl)=Nc1ccc(Cl)cc1C2. The first-order chi connectivity index (χ1) is 9.10. The first-order valence-electron chi connectivity index (χ1n) is 5.87. The van der Waals surface area contributed by atoms with Crippen molar-refractivity contribution in [3.05, 3.63) is 46.2 Å². The second-order valence-corrected chi connectivity index (χ2v) is 5.26. The highest BCUT2D eigenvalue weighted by atomic mass is 35.5. The highest BCUT2D eigenvalue weighted by Gasteiger charge is 2.21. The number of hydrogen-bond donors (Lipinski definition) is 0. The zero-order chi connectivity index (χ0) is 13.6. The summed E-state index contributed by atoms with van der Waals surface area (Å²) < 4.78 is 7.46. The third-order valence-electron chi connectivity index (χ3n) is 3.27. The van der Waals surface area contributed by atoms with Gasteiger partial charge in [-0.2, -0.15) is 0 Å². The van der Waals surface area contributed by atoms with E-state index in [1.165, 1.54) is 0 Å². The minimum absolute atomic E-state index is 0.436. The summed E-state index contributed by atoms with van der Waals surface area (Å²) in [5.74, 6) is 0.741. The van der Waals surface area contributed by atoms with E-state index in [9.17, 15) is 0 Å². The predicted octanol–water partition coefficient (Wildman–Crippen LogP) is 4.14. The van der Waals surface area contributed by atoms with E-state index in [-0.39, 0.29) is 0 Å². The second kappa shape index (κ2) is 4.58. The molecule has 0 saturated carbocycles. The summed E-state index contributed by atoms with van der Waals surface area (Å²) in [6, 6.07) is 7.58. The molecule has 19 heavy (non-hydrogen) atoms. The number of rotatable bonds is 1. The van der Waals surface area contributed by atoms with Crippen molar-refractivity contribution in [1.29, 1.82) is 0 Å². The quantitative estimate of drug-likeness (QED) is 0.776. The smallest absolute Gasteiger partial charge is 0.157 e. The van der Waals surface area contributed by atoms with Gasteiger partial charge in [-0.25, -0.2) is 4.99 Å². The molecule has 2 heterocycles. The third-order valence-corrected chi connectivity index (χ3v) is 3.77. The first kappa shape index (κ1) is 12.6. The topological polar surface area (TPSA) is 26.5 Å². The Morgan fingerprint density at radius 1 is 1.26 bits per heavy atom. The van der Waals surface area contributed by atoms with Crippen molar-refractivity contribution >= 4 is 34.1 Å². The first-order valence-corrected chi connectivity index (χ1v) is 6.63. The molecule has 0 fully saturated rings. The maximum Gasteiger partial charge on any atom is 0.157 e. The standard InChI is InChI=1S/C14H12Cl2N2O/c1-8-5-12(19-2)13-14(16)17-11-4-3-10(15)6-9(11)7-18(8)13/h3-6H,7H2,1-2H3. The van der Waals surface area contributed by atoms with E-state index < -0.39 is 0 Å². The van der Waals surface area contributed by atoms with E-state index in [0.29, 0.717) is 16.7 Å². The largest absolute Gasteiger partial charge is 0.494 e. The number of aryl methyl sites for hydroxylation is 1. The number of methoxy groups -OCH3 is 1. The highest BCUT2D eigenvalue weighted by molar-refractivity contribution is 6.70. The van der Waals surface area contributed by atoms with Crippen LogP contribution in [0, 0.1) is 6.92 Å². The van der Waals surface area contributed by atoms with Crippen LogP contribution in [0.4, 0.5) is 5.69 Å². The molecule has 3 nitrogen and oxygen atoms in total. The molecule has 1 aromatic carbocycles. The average molecular weight is 295 g/mol. The van der Waals surface area contributed by atoms with E-state index in [0.717, 1.165) is 28.4 Å². The Bertz CT molecular complexity index is 689. The number of aliphatic imine (C=N–C) groups is 1. The molecule has 0 aliphatic carbocycles. The van der Waals surface area contributed by atoms with E-state index in [1.807, 2.05) is 31.2 Å². The van der Waals surface area contributed by atoms with Crippen LogP contribution in [0.15, 0.2) is 29.3 Å². The minimum atomic E-state index is 0.436. The Kier molecular flexibility index (Phi) is 3.03. The molecule has 0 unspecified atom stereocenters. The van der Waals surface area contributed by atoms with Crippen molar-refractivity contribution in [1.82, 2.24) is 4.57 Å². The van der Waals surface area contributed by atoms with Gasteiger partial charge < -0.3 is 9.30 Å². The molecule has 0 amide bonds. The van der Waals surface area contributed by atoms with Crippen LogP contribution in [-0.4, -0.2) is 16.8 Å². The molecule has 0 bridgehead atoms. The normalized spacial score (nSPS) is 13.4. The molecule has 0 saturated heterocycles. The number of halogens is 2. The number of nitrogens with zero attached hydrogens (tertiary/aromatic N) is 2.